The molecule has 2 aromatic heterocycles. The highest BCUT2D eigenvalue weighted by molar-refractivity contribution is 7.17. The number of alkyl halides is 3. The minimum Gasteiger partial charge on any atom is -0.369 e. The summed E-state index contributed by atoms with van der Waals surface area (Å²) in [5, 5.41) is 16.9. The summed E-state index contributed by atoms with van der Waals surface area (Å²) in [5.74, 6) is -0.843. The minimum atomic E-state index is -5.23. The fraction of sp³-hybridized carbons (Fsp3) is 0.594. The maximum absolute atomic E-state index is 14.1. The van der Waals surface area contributed by atoms with E-state index in [-0.39, 0.29) is 29.7 Å². The van der Waals surface area contributed by atoms with E-state index in [0.717, 1.165) is 30.4 Å². The number of amides is 3. The number of nitrogens with zero attached hydrogens (tertiary/aromatic N) is 3. The third kappa shape index (κ3) is 6.66. The SMILES string of the molecule is C#Cc1csc2cncc(C(C#N)NC(=O)CN(C[C@H]3[C@@H](C)C3(C)C)C(=O)[C@@H](NC(=O)C(F)(F)F)[C@@H](C)OC3(C4CC4)CC3)c12. The lowest BCUT2D eigenvalue weighted by atomic mass is 10.0. The normalized spacial score (nSPS) is 23.1. The van der Waals surface area contributed by atoms with Crippen molar-refractivity contribution in [2.75, 3.05) is 13.1 Å². The summed E-state index contributed by atoms with van der Waals surface area (Å²) < 4.78 is 47.2. The molecule has 5 rings (SSSR count). The average molecular weight is 644 g/mol. The van der Waals surface area contributed by atoms with Crippen LogP contribution in [-0.4, -0.2) is 64.6 Å². The van der Waals surface area contributed by atoms with Gasteiger partial charge in [0.25, 0.3) is 0 Å². The number of halogens is 3. The van der Waals surface area contributed by atoms with Crippen LogP contribution in [0.2, 0.25) is 0 Å². The number of thiophene rings is 1. The van der Waals surface area contributed by atoms with E-state index in [9.17, 15) is 32.8 Å². The molecule has 9 nitrogen and oxygen atoms in total. The zero-order chi connectivity index (χ0) is 32.9. The van der Waals surface area contributed by atoms with Crippen molar-refractivity contribution in [2.45, 2.75) is 83.3 Å². The number of hydrogen-bond acceptors (Lipinski definition) is 7. The van der Waals surface area contributed by atoms with Gasteiger partial charge in [-0.15, -0.1) is 17.8 Å². The maximum Gasteiger partial charge on any atom is 0.471 e. The maximum atomic E-state index is 14.1. The molecule has 240 valence electrons. The Kier molecular flexibility index (Phi) is 8.66. The van der Waals surface area contributed by atoms with E-state index in [4.69, 9.17) is 11.2 Å². The number of rotatable bonds is 12. The predicted octanol–water partition coefficient (Wildman–Crippen LogP) is 4.47. The summed E-state index contributed by atoms with van der Waals surface area (Å²) in [5.41, 5.74) is 0.261. The number of fused-ring (bicyclic) bond motifs is 1. The molecule has 0 aromatic carbocycles. The first-order chi connectivity index (χ1) is 21.1. The Balaban J connectivity index is 1.40. The van der Waals surface area contributed by atoms with E-state index in [1.54, 1.807) is 11.6 Å². The molecule has 2 aromatic rings. The van der Waals surface area contributed by atoms with E-state index in [0.29, 0.717) is 16.5 Å². The Hall–Kier alpha value is -3.68. The van der Waals surface area contributed by atoms with Crippen molar-refractivity contribution < 1.29 is 32.3 Å². The van der Waals surface area contributed by atoms with Gasteiger partial charge in [-0.1, -0.05) is 26.7 Å². The van der Waals surface area contributed by atoms with Crippen LogP contribution in [0.1, 0.15) is 70.5 Å². The smallest absolute Gasteiger partial charge is 0.369 e. The lowest BCUT2D eigenvalue weighted by Crippen LogP contribution is -2.59. The van der Waals surface area contributed by atoms with Crippen molar-refractivity contribution in [2.24, 2.45) is 23.2 Å². The summed E-state index contributed by atoms with van der Waals surface area (Å²) in [4.78, 5) is 45.0. The van der Waals surface area contributed by atoms with Crippen LogP contribution in [-0.2, 0) is 19.1 Å². The Bertz CT molecular complexity index is 1580. The number of carbonyl (C=O) groups excluding carboxylic acids is 3. The van der Waals surface area contributed by atoms with E-state index in [2.05, 4.69) is 16.2 Å². The first-order valence-electron chi connectivity index (χ1n) is 15.0. The number of terminal acetylenes is 1. The monoisotopic (exact) mass is 643 g/mol. The van der Waals surface area contributed by atoms with Gasteiger partial charge in [0, 0.05) is 40.8 Å². The number of ether oxygens (including phenoxy) is 1. The first-order valence-corrected chi connectivity index (χ1v) is 15.9. The number of nitrogens with one attached hydrogen (secondary N) is 2. The second-order valence-corrected chi connectivity index (χ2v) is 14.0. The molecule has 5 atom stereocenters. The van der Waals surface area contributed by atoms with Gasteiger partial charge in [-0.25, -0.2) is 0 Å². The molecule has 3 fully saturated rings. The predicted molar refractivity (Wildman–Crippen MR) is 160 cm³/mol. The lowest BCUT2D eigenvalue weighted by molar-refractivity contribution is -0.177. The third-order valence-electron chi connectivity index (χ3n) is 9.87. The van der Waals surface area contributed by atoms with Crippen molar-refractivity contribution in [1.29, 1.82) is 5.26 Å². The number of carbonyl (C=O) groups is 3. The van der Waals surface area contributed by atoms with Gasteiger partial charge in [-0.3, -0.25) is 19.4 Å². The third-order valence-corrected chi connectivity index (χ3v) is 10.8. The summed E-state index contributed by atoms with van der Waals surface area (Å²) in [7, 11) is 0. The molecule has 3 saturated carbocycles. The largest absolute Gasteiger partial charge is 0.471 e. The van der Waals surface area contributed by atoms with Gasteiger partial charge < -0.3 is 20.3 Å². The van der Waals surface area contributed by atoms with Gasteiger partial charge in [0.15, 0.2) is 0 Å². The Morgan fingerprint density at radius 2 is 1.91 bits per heavy atom. The van der Waals surface area contributed by atoms with Crippen LogP contribution in [0.4, 0.5) is 13.2 Å². The van der Waals surface area contributed by atoms with Crippen LogP contribution in [0.3, 0.4) is 0 Å². The molecular formula is C32H36F3N5O4S. The van der Waals surface area contributed by atoms with Gasteiger partial charge in [-0.05, 0) is 55.8 Å². The molecule has 45 heavy (non-hydrogen) atoms. The lowest BCUT2D eigenvalue weighted by Gasteiger charge is -2.33. The zero-order valence-corrected chi connectivity index (χ0v) is 26.3. The van der Waals surface area contributed by atoms with E-state index in [1.807, 2.05) is 32.2 Å². The van der Waals surface area contributed by atoms with Crippen LogP contribution in [0.5, 0.6) is 0 Å². The number of hydrogen-bond donors (Lipinski definition) is 2. The molecule has 2 N–H and O–H groups in total. The Labute approximate surface area is 263 Å². The van der Waals surface area contributed by atoms with E-state index < -0.39 is 54.2 Å². The van der Waals surface area contributed by atoms with E-state index >= 15 is 0 Å². The number of nitriles is 1. The zero-order valence-electron chi connectivity index (χ0n) is 25.5. The fourth-order valence-corrected chi connectivity index (χ4v) is 7.27. The second kappa shape index (κ2) is 11.9. The summed E-state index contributed by atoms with van der Waals surface area (Å²) >= 11 is 1.35. The van der Waals surface area contributed by atoms with Gasteiger partial charge >= 0.3 is 12.1 Å². The van der Waals surface area contributed by atoms with Crippen molar-refractivity contribution in [3.8, 4) is 18.4 Å². The van der Waals surface area contributed by atoms with Gasteiger partial charge in [0.05, 0.1) is 29.0 Å². The van der Waals surface area contributed by atoms with Crippen LogP contribution >= 0.6 is 11.3 Å². The molecule has 2 heterocycles. The summed E-state index contributed by atoms with van der Waals surface area (Å²) in [6.07, 6.45) is 5.73. The van der Waals surface area contributed by atoms with Crippen molar-refractivity contribution in [3.05, 3.63) is 28.9 Å². The second-order valence-electron chi connectivity index (χ2n) is 13.1. The van der Waals surface area contributed by atoms with Crippen LogP contribution in [0, 0.1) is 46.8 Å². The standard InChI is InChI=1S/C32H36F3N5O4S/c1-6-19-16-45-24-13-37-12-21(26(19)24)23(11-36)38-25(41)15-40(14-22-17(2)30(22,4)5)28(42)27(39-29(43)32(33,34)35)18(3)44-31(9-10-31)20-7-8-20/h1,12-13,16-18,20,22-23,27H,7-10,14-15H2,2-5H3,(H,38,41)(H,39,43)/t17-,18-,22+,23?,27+/m1/s1. The first kappa shape index (κ1) is 32.7. The van der Waals surface area contributed by atoms with Crippen molar-refractivity contribution in [3.63, 3.8) is 0 Å². The molecule has 3 aliphatic carbocycles. The molecule has 3 amide bonds. The van der Waals surface area contributed by atoms with Crippen LogP contribution in [0.25, 0.3) is 10.1 Å². The fourth-order valence-electron chi connectivity index (χ4n) is 6.37. The number of pyridine rings is 1. The molecule has 0 bridgehead atoms. The van der Waals surface area contributed by atoms with Crippen molar-refractivity contribution >= 4 is 39.1 Å². The molecule has 0 saturated heterocycles. The Morgan fingerprint density at radius 3 is 2.44 bits per heavy atom. The minimum absolute atomic E-state index is 0.0422. The average Bonchev–Trinajstić information content (AvgIpc) is 3.94. The highest BCUT2D eigenvalue weighted by Crippen LogP contribution is 2.58. The van der Waals surface area contributed by atoms with Gasteiger partial charge in [-0.2, -0.15) is 18.4 Å². The molecule has 13 heteroatoms. The highest BCUT2D eigenvalue weighted by Gasteiger charge is 2.58. The highest BCUT2D eigenvalue weighted by atomic mass is 32.1. The Morgan fingerprint density at radius 1 is 1.24 bits per heavy atom. The quantitative estimate of drug-likeness (QED) is 0.329. The molecule has 0 aliphatic heterocycles. The number of aromatic nitrogens is 1. The topological polar surface area (TPSA) is 124 Å². The molecular weight excluding hydrogens is 607 g/mol. The van der Waals surface area contributed by atoms with Crippen LogP contribution < -0.4 is 10.6 Å². The van der Waals surface area contributed by atoms with Gasteiger partial charge in [0.1, 0.15) is 12.1 Å². The molecule has 3 aliphatic rings. The van der Waals surface area contributed by atoms with E-state index in [1.165, 1.54) is 29.4 Å². The van der Waals surface area contributed by atoms with Crippen molar-refractivity contribution in [1.82, 2.24) is 20.5 Å². The summed E-state index contributed by atoms with van der Waals surface area (Å²) in [6, 6.07) is -0.803. The molecule has 0 spiro atoms. The van der Waals surface area contributed by atoms with Crippen LogP contribution in [0.15, 0.2) is 17.8 Å². The molecule has 0 radical (unpaired) electrons. The summed E-state index contributed by atoms with van der Waals surface area (Å²) in [6.45, 7) is 7.01. The molecule has 1 unspecified atom stereocenters. The van der Waals surface area contributed by atoms with Gasteiger partial charge in [0.2, 0.25) is 11.8 Å².